The number of nitrogens with zero attached hydrogens (tertiary/aromatic N) is 3. The van der Waals surface area contributed by atoms with Crippen LogP contribution in [0.2, 0.25) is 0 Å². The lowest BCUT2D eigenvalue weighted by atomic mass is 10.1. The topological polar surface area (TPSA) is 49.6 Å². The number of aryl methyl sites for hydroxylation is 3. The molecule has 3 nitrogen and oxygen atoms in total. The van der Waals surface area contributed by atoms with E-state index in [0.29, 0.717) is 5.56 Å². The Kier molecular flexibility index (Phi) is 6.62. The van der Waals surface area contributed by atoms with Crippen molar-refractivity contribution in [2.75, 3.05) is 0 Å². The van der Waals surface area contributed by atoms with E-state index in [4.69, 9.17) is 5.26 Å². The Hall–Kier alpha value is -3.25. The molecule has 124 valence electrons. The zero-order chi connectivity index (χ0) is 18.1. The monoisotopic (exact) mass is 327 g/mol. The third-order valence-corrected chi connectivity index (χ3v) is 3.45. The van der Waals surface area contributed by atoms with Crippen LogP contribution >= 0.6 is 0 Å². The van der Waals surface area contributed by atoms with Crippen LogP contribution < -0.4 is 0 Å². The number of aromatic nitrogens is 2. The molecule has 0 unspecified atom stereocenters. The van der Waals surface area contributed by atoms with Crippen LogP contribution in [0.4, 0.5) is 0 Å². The molecule has 0 saturated heterocycles. The molecule has 0 saturated carbocycles. The molecule has 0 aliphatic heterocycles. The summed E-state index contributed by atoms with van der Waals surface area (Å²) < 4.78 is 0. The molecule has 0 radical (unpaired) electrons. The maximum absolute atomic E-state index is 8.96. The highest BCUT2D eigenvalue weighted by atomic mass is 14.7. The molecule has 2 aromatic heterocycles. The fraction of sp³-hybridized carbons (Fsp3) is 0.136. The van der Waals surface area contributed by atoms with E-state index in [1.807, 2.05) is 93.6 Å². The van der Waals surface area contributed by atoms with E-state index >= 15 is 0 Å². The summed E-state index contributed by atoms with van der Waals surface area (Å²) in [5.74, 6) is 0. The van der Waals surface area contributed by atoms with E-state index in [0.717, 1.165) is 28.3 Å². The zero-order valence-corrected chi connectivity index (χ0v) is 14.8. The lowest BCUT2D eigenvalue weighted by Gasteiger charge is -1.97. The second-order valence-electron chi connectivity index (χ2n) is 5.66. The molecule has 0 fully saturated rings. The van der Waals surface area contributed by atoms with Gasteiger partial charge in [0.2, 0.25) is 0 Å². The van der Waals surface area contributed by atoms with Gasteiger partial charge in [-0.25, -0.2) is 0 Å². The molecule has 3 rings (SSSR count). The highest BCUT2D eigenvalue weighted by Crippen LogP contribution is 2.11. The Labute approximate surface area is 149 Å². The zero-order valence-electron chi connectivity index (χ0n) is 14.8. The summed E-state index contributed by atoms with van der Waals surface area (Å²) in [5, 5.41) is 8.96. The van der Waals surface area contributed by atoms with E-state index in [9.17, 15) is 0 Å². The predicted molar refractivity (Wildman–Crippen MR) is 103 cm³/mol. The quantitative estimate of drug-likeness (QED) is 0.655. The first-order valence-electron chi connectivity index (χ1n) is 8.09. The van der Waals surface area contributed by atoms with Gasteiger partial charge in [-0.15, -0.1) is 0 Å². The van der Waals surface area contributed by atoms with Crippen LogP contribution in [0.15, 0.2) is 60.7 Å². The Bertz CT molecular complexity index is 888. The molecule has 0 aliphatic rings. The van der Waals surface area contributed by atoms with Gasteiger partial charge in [0.15, 0.2) is 0 Å². The molecule has 1 aromatic carbocycles. The number of rotatable bonds is 2. The fourth-order valence-corrected chi connectivity index (χ4v) is 2.26. The SMILES string of the molecule is Cc1cccc(C)n1.Cc1cccc(C=Cc2ccccc2C#N)n1. The third kappa shape index (κ3) is 6.04. The molecule has 0 spiro atoms. The van der Waals surface area contributed by atoms with Gasteiger partial charge in [-0.2, -0.15) is 5.26 Å². The summed E-state index contributed by atoms with van der Waals surface area (Å²) in [7, 11) is 0. The summed E-state index contributed by atoms with van der Waals surface area (Å²) in [4.78, 5) is 8.55. The number of nitriles is 1. The van der Waals surface area contributed by atoms with E-state index in [1.165, 1.54) is 0 Å². The molecule has 0 N–H and O–H groups in total. The normalized spacial score (nSPS) is 10.0. The number of benzene rings is 1. The van der Waals surface area contributed by atoms with Crippen LogP contribution in [-0.2, 0) is 0 Å². The van der Waals surface area contributed by atoms with E-state index in [1.54, 1.807) is 0 Å². The lowest BCUT2D eigenvalue weighted by Crippen LogP contribution is -1.84. The van der Waals surface area contributed by atoms with Crippen molar-refractivity contribution in [3.05, 3.63) is 94.6 Å². The van der Waals surface area contributed by atoms with Crippen molar-refractivity contribution in [1.29, 1.82) is 5.26 Å². The third-order valence-electron chi connectivity index (χ3n) is 3.45. The first kappa shape index (κ1) is 18.1. The summed E-state index contributed by atoms with van der Waals surface area (Å²) >= 11 is 0. The second kappa shape index (κ2) is 9.14. The molecular formula is C22H21N3. The van der Waals surface area contributed by atoms with Crippen molar-refractivity contribution < 1.29 is 0 Å². The first-order chi connectivity index (χ1) is 12.1. The van der Waals surface area contributed by atoms with Crippen molar-refractivity contribution in [1.82, 2.24) is 9.97 Å². The fourth-order valence-electron chi connectivity index (χ4n) is 2.26. The van der Waals surface area contributed by atoms with E-state index < -0.39 is 0 Å². The minimum absolute atomic E-state index is 0.677. The van der Waals surface area contributed by atoms with Gasteiger partial charge in [0.1, 0.15) is 0 Å². The van der Waals surface area contributed by atoms with Crippen molar-refractivity contribution in [2.45, 2.75) is 20.8 Å². The lowest BCUT2D eigenvalue weighted by molar-refractivity contribution is 1.12. The molecule has 25 heavy (non-hydrogen) atoms. The van der Waals surface area contributed by atoms with Gasteiger partial charge in [0.25, 0.3) is 0 Å². The van der Waals surface area contributed by atoms with Gasteiger partial charge in [-0.1, -0.05) is 36.4 Å². The molecule has 2 heterocycles. The average molecular weight is 327 g/mol. The van der Waals surface area contributed by atoms with E-state index in [-0.39, 0.29) is 0 Å². The molecule has 0 bridgehead atoms. The van der Waals surface area contributed by atoms with Crippen LogP contribution in [0.3, 0.4) is 0 Å². The number of hydrogen-bond acceptors (Lipinski definition) is 3. The summed E-state index contributed by atoms with van der Waals surface area (Å²) in [6.07, 6.45) is 3.84. The van der Waals surface area contributed by atoms with Crippen molar-refractivity contribution in [3.63, 3.8) is 0 Å². The van der Waals surface area contributed by atoms with Gasteiger partial charge >= 0.3 is 0 Å². The van der Waals surface area contributed by atoms with Crippen molar-refractivity contribution >= 4 is 12.2 Å². The summed E-state index contributed by atoms with van der Waals surface area (Å²) in [6.45, 7) is 5.95. The smallest absolute Gasteiger partial charge is 0.0997 e. The predicted octanol–water partition coefficient (Wildman–Crippen LogP) is 5.13. The van der Waals surface area contributed by atoms with Gasteiger partial charge in [-0.3, -0.25) is 9.97 Å². The van der Waals surface area contributed by atoms with Crippen LogP contribution in [0, 0.1) is 32.1 Å². The van der Waals surface area contributed by atoms with Gasteiger partial charge in [-0.05, 0) is 62.7 Å². The van der Waals surface area contributed by atoms with Crippen LogP contribution in [-0.4, -0.2) is 9.97 Å². The maximum atomic E-state index is 8.96. The minimum Gasteiger partial charge on any atom is -0.258 e. The summed E-state index contributed by atoms with van der Waals surface area (Å²) in [5.41, 5.74) is 5.66. The van der Waals surface area contributed by atoms with Crippen LogP contribution in [0.25, 0.3) is 12.2 Å². The largest absolute Gasteiger partial charge is 0.258 e. The molecule has 0 atom stereocenters. The molecular weight excluding hydrogens is 306 g/mol. The van der Waals surface area contributed by atoms with Gasteiger partial charge < -0.3 is 0 Å². The van der Waals surface area contributed by atoms with Gasteiger partial charge in [0, 0.05) is 17.1 Å². The van der Waals surface area contributed by atoms with Crippen LogP contribution in [0.5, 0.6) is 0 Å². The molecule has 3 heteroatoms. The highest BCUT2D eigenvalue weighted by molar-refractivity contribution is 5.71. The summed E-state index contributed by atoms with van der Waals surface area (Å²) in [6, 6.07) is 21.6. The molecule has 0 aliphatic carbocycles. The Morgan fingerprint density at radius 2 is 1.32 bits per heavy atom. The maximum Gasteiger partial charge on any atom is 0.0997 e. The molecule has 0 amide bonds. The Balaban J connectivity index is 0.000000236. The standard InChI is InChI=1S/C15H12N2.C7H9N/c1-12-5-4-8-15(17-12)10-9-13-6-2-3-7-14(13)11-16;1-6-4-3-5-7(2)8-6/h2-10H,1H3;3-5H,1-2H3. The number of pyridine rings is 2. The highest BCUT2D eigenvalue weighted by Gasteiger charge is 1.96. The van der Waals surface area contributed by atoms with Gasteiger partial charge in [0.05, 0.1) is 17.3 Å². The molecule has 3 aromatic rings. The minimum atomic E-state index is 0.677. The van der Waals surface area contributed by atoms with Crippen molar-refractivity contribution in [3.8, 4) is 6.07 Å². The van der Waals surface area contributed by atoms with E-state index in [2.05, 4.69) is 16.0 Å². The second-order valence-corrected chi connectivity index (χ2v) is 5.66. The number of hydrogen-bond donors (Lipinski definition) is 0. The van der Waals surface area contributed by atoms with Crippen LogP contribution in [0.1, 0.15) is 33.9 Å². The Morgan fingerprint density at radius 3 is 1.88 bits per heavy atom. The first-order valence-corrected chi connectivity index (χ1v) is 8.09. The average Bonchev–Trinajstić information content (AvgIpc) is 2.60. The van der Waals surface area contributed by atoms with Crippen molar-refractivity contribution in [2.24, 2.45) is 0 Å². The Morgan fingerprint density at radius 1 is 0.720 bits per heavy atom.